The van der Waals surface area contributed by atoms with E-state index in [9.17, 15) is 14.0 Å². The van der Waals surface area contributed by atoms with E-state index < -0.39 is 0 Å². The molecule has 0 saturated carbocycles. The smallest absolute Gasteiger partial charge is 0.236 e. The molecular weight excluding hydrogens is 451 g/mol. The van der Waals surface area contributed by atoms with Gasteiger partial charge in [-0.1, -0.05) is 6.07 Å². The van der Waals surface area contributed by atoms with E-state index in [4.69, 9.17) is 9.47 Å². The van der Waals surface area contributed by atoms with Crippen LogP contribution in [0.3, 0.4) is 0 Å². The number of hydrogen-bond acceptors (Lipinski definition) is 6. The number of rotatable bonds is 5. The first-order valence-electron chi connectivity index (χ1n) is 12.1. The van der Waals surface area contributed by atoms with Crippen molar-refractivity contribution in [3.05, 3.63) is 53.8 Å². The quantitative estimate of drug-likeness (QED) is 0.703. The molecule has 2 aromatic carbocycles. The first kappa shape index (κ1) is 23.6. The lowest BCUT2D eigenvalue weighted by atomic mass is 9.83. The Morgan fingerprint density at radius 3 is 2.60 bits per heavy atom. The van der Waals surface area contributed by atoms with Crippen LogP contribution in [-0.4, -0.2) is 87.2 Å². The third kappa shape index (κ3) is 5.11. The SMILES string of the molecule is COc1ccc2c(c1)N1CCN(CC(=O)N3CCOCC3)CC1C(C(=O)Nc1ccc(F)cc1)C2. The molecule has 2 fully saturated rings. The summed E-state index contributed by atoms with van der Waals surface area (Å²) in [5.74, 6) is 0.118. The fourth-order valence-electron chi connectivity index (χ4n) is 5.28. The highest BCUT2D eigenvalue weighted by Crippen LogP contribution is 2.38. The molecule has 0 aromatic heterocycles. The molecule has 2 amide bonds. The van der Waals surface area contributed by atoms with E-state index in [0.717, 1.165) is 23.5 Å². The zero-order valence-electron chi connectivity index (χ0n) is 19.9. The number of amides is 2. The van der Waals surface area contributed by atoms with Gasteiger partial charge in [0, 0.05) is 50.2 Å². The zero-order valence-corrected chi connectivity index (χ0v) is 19.9. The van der Waals surface area contributed by atoms with E-state index in [1.54, 1.807) is 19.2 Å². The second-order valence-electron chi connectivity index (χ2n) is 9.29. The summed E-state index contributed by atoms with van der Waals surface area (Å²) in [6.07, 6.45) is 0.582. The number of anilines is 2. The van der Waals surface area contributed by atoms with Gasteiger partial charge in [0.15, 0.2) is 0 Å². The first-order valence-corrected chi connectivity index (χ1v) is 12.1. The first-order chi connectivity index (χ1) is 17.0. The third-order valence-corrected chi connectivity index (χ3v) is 7.18. The van der Waals surface area contributed by atoms with Crippen LogP contribution in [0.5, 0.6) is 5.75 Å². The van der Waals surface area contributed by atoms with Crippen LogP contribution in [0.4, 0.5) is 15.8 Å². The third-order valence-electron chi connectivity index (χ3n) is 7.18. The Kier molecular flexibility index (Phi) is 6.88. The van der Waals surface area contributed by atoms with Crippen molar-refractivity contribution in [2.24, 2.45) is 5.92 Å². The summed E-state index contributed by atoms with van der Waals surface area (Å²) in [6.45, 7) is 4.78. The predicted molar refractivity (Wildman–Crippen MR) is 130 cm³/mol. The van der Waals surface area contributed by atoms with Crippen LogP contribution in [0, 0.1) is 11.7 Å². The molecular formula is C26H31FN4O4. The van der Waals surface area contributed by atoms with E-state index in [1.807, 2.05) is 23.1 Å². The highest BCUT2D eigenvalue weighted by molar-refractivity contribution is 5.94. The fourth-order valence-corrected chi connectivity index (χ4v) is 5.28. The van der Waals surface area contributed by atoms with Gasteiger partial charge in [0.25, 0.3) is 0 Å². The number of carbonyl (C=O) groups is 2. The molecule has 3 aliphatic heterocycles. The van der Waals surface area contributed by atoms with Crippen molar-refractivity contribution >= 4 is 23.2 Å². The van der Waals surface area contributed by atoms with Gasteiger partial charge < -0.3 is 24.6 Å². The molecule has 0 bridgehead atoms. The second kappa shape index (κ2) is 10.2. The van der Waals surface area contributed by atoms with Gasteiger partial charge in [-0.25, -0.2) is 4.39 Å². The summed E-state index contributed by atoms with van der Waals surface area (Å²) in [6, 6.07) is 11.7. The summed E-state index contributed by atoms with van der Waals surface area (Å²) in [4.78, 5) is 32.6. The average Bonchev–Trinajstić information content (AvgIpc) is 2.89. The Labute approximate surface area is 204 Å². The Bertz CT molecular complexity index is 1070. The maximum atomic E-state index is 13.5. The predicted octanol–water partition coefficient (Wildman–Crippen LogP) is 1.99. The minimum Gasteiger partial charge on any atom is -0.497 e. The van der Waals surface area contributed by atoms with Crippen molar-refractivity contribution in [3.8, 4) is 5.75 Å². The van der Waals surface area contributed by atoms with Crippen molar-refractivity contribution in [2.45, 2.75) is 12.5 Å². The van der Waals surface area contributed by atoms with Gasteiger partial charge in [0.05, 0.1) is 38.8 Å². The lowest BCUT2D eigenvalue weighted by Gasteiger charge is -2.49. The molecule has 186 valence electrons. The molecule has 5 rings (SSSR count). The number of piperazine rings is 1. The Morgan fingerprint density at radius 2 is 1.86 bits per heavy atom. The number of ether oxygens (including phenoxy) is 2. The molecule has 3 aliphatic rings. The van der Waals surface area contributed by atoms with Crippen molar-refractivity contribution in [3.63, 3.8) is 0 Å². The van der Waals surface area contributed by atoms with Crippen LogP contribution >= 0.6 is 0 Å². The number of fused-ring (bicyclic) bond motifs is 3. The Balaban J connectivity index is 1.36. The molecule has 0 spiro atoms. The monoisotopic (exact) mass is 482 g/mol. The Morgan fingerprint density at radius 1 is 1.09 bits per heavy atom. The van der Waals surface area contributed by atoms with Crippen LogP contribution < -0.4 is 15.0 Å². The van der Waals surface area contributed by atoms with Crippen molar-refractivity contribution in [2.75, 3.05) is 69.8 Å². The number of carbonyl (C=O) groups excluding carboxylic acids is 2. The fraction of sp³-hybridized carbons (Fsp3) is 0.462. The van der Waals surface area contributed by atoms with Gasteiger partial charge in [-0.3, -0.25) is 14.5 Å². The van der Waals surface area contributed by atoms with Crippen molar-refractivity contribution in [1.82, 2.24) is 9.80 Å². The minimum absolute atomic E-state index is 0.0960. The van der Waals surface area contributed by atoms with Gasteiger partial charge >= 0.3 is 0 Å². The number of benzene rings is 2. The van der Waals surface area contributed by atoms with E-state index >= 15 is 0 Å². The van der Waals surface area contributed by atoms with Crippen LogP contribution in [0.25, 0.3) is 0 Å². The zero-order chi connectivity index (χ0) is 24.4. The number of morpholine rings is 1. The highest BCUT2D eigenvalue weighted by atomic mass is 19.1. The summed E-state index contributed by atoms with van der Waals surface area (Å²) in [5, 5.41) is 2.97. The molecule has 1 N–H and O–H groups in total. The van der Waals surface area contributed by atoms with E-state index in [1.165, 1.54) is 12.1 Å². The number of hydrogen-bond donors (Lipinski definition) is 1. The summed E-state index contributed by atoms with van der Waals surface area (Å²) < 4.78 is 24.2. The highest BCUT2D eigenvalue weighted by Gasteiger charge is 2.42. The van der Waals surface area contributed by atoms with Gasteiger partial charge in [-0.15, -0.1) is 0 Å². The topological polar surface area (TPSA) is 74.3 Å². The molecule has 8 nitrogen and oxygen atoms in total. The molecule has 0 radical (unpaired) electrons. The van der Waals surface area contributed by atoms with Gasteiger partial charge in [0.2, 0.25) is 11.8 Å². The summed E-state index contributed by atoms with van der Waals surface area (Å²) in [5.41, 5.74) is 2.75. The molecule has 2 atom stereocenters. The molecule has 35 heavy (non-hydrogen) atoms. The van der Waals surface area contributed by atoms with E-state index in [-0.39, 0.29) is 29.6 Å². The number of halogens is 1. The number of methoxy groups -OCH3 is 1. The largest absolute Gasteiger partial charge is 0.497 e. The van der Waals surface area contributed by atoms with Crippen LogP contribution in [0.2, 0.25) is 0 Å². The minimum atomic E-state index is -0.345. The van der Waals surface area contributed by atoms with Crippen molar-refractivity contribution < 1.29 is 23.5 Å². The molecule has 2 unspecified atom stereocenters. The lowest BCUT2D eigenvalue weighted by molar-refractivity contribution is -0.136. The average molecular weight is 483 g/mol. The number of nitrogens with one attached hydrogen (secondary N) is 1. The molecule has 0 aliphatic carbocycles. The standard InChI is InChI=1S/C26H31FN4O4/c1-34-21-7-2-18-14-22(26(33)28-20-5-3-19(27)4-6-20)24-16-29(8-9-31(24)23(18)15-21)17-25(32)30-10-12-35-13-11-30/h2-7,15,22,24H,8-14,16-17H2,1H3,(H,28,33). The summed E-state index contributed by atoms with van der Waals surface area (Å²) in [7, 11) is 1.65. The van der Waals surface area contributed by atoms with Crippen LogP contribution in [-0.2, 0) is 20.7 Å². The maximum absolute atomic E-state index is 13.5. The van der Waals surface area contributed by atoms with Gasteiger partial charge in [0.1, 0.15) is 11.6 Å². The lowest BCUT2D eigenvalue weighted by Crippen LogP contribution is -2.61. The van der Waals surface area contributed by atoms with E-state index in [2.05, 4.69) is 15.1 Å². The molecule has 2 aromatic rings. The van der Waals surface area contributed by atoms with E-state index in [0.29, 0.717) is 58.0 Å². The number of nitrogens with zero attached hydrogens (tertiary/aromatic N) is 3. The maximum Gasteiger partial charge on any atom is 0.236 e. The van der Waals surface area contributed by atoms with Crippen LogP contribution in [0.1, 0.15) is 5.56 Å². The van der Waals surface area contributed by atoms with Gasteiger partial charge in [-0.05, 0) is 42.3 Å². The molecule has 9 heteroatoms. The molecule has 3 heterocycles. The molecule has 2 saturated heterocycles. The second-order valence-corrected chi connectivity index (χ2v) is 9.29. The van der Waals surface area contributed by atoms with Crippen LogP contribution in [0.15, 0.2) is 42.5 Å². The Hall–Kier alpha value is -3.17. The normalized spacial score (nSPS) is 22.2. The summed E-state index contributed by atoms with van der Waals surface area (Å²) >= 11 is 0. The van der Waals surface area contributed by atoms with Crippen molar-refractivity contribution in [1.29, 1.82) is 0 Å². The van der Waals surface area contributed by atoms with Gasteiger partial charge in [-0.2, -0.15) is 0 Å².